The molecule has 4 aliphatic carbocycles. The van der Waals surface area contributed by atoms with Gasteiger partial charge in [0.05, 0.1) is 12.2 Å². The Hall–Kier alpha value is -0.740. The first-order valence-corrected chi connectivity index (χ1v) is 16.6. The number of carbonyl (C=O) groups is 2. The second-order valence-corrected chi connectivity index (χ2v) is 13.2. The van der Waals surface area contributed by atoms with Crippen molar-refractivity contribution in [3.05, 3.63) is 0 Å². The van der Waals surface area contributed by atoms with Crippen LogP contribution in [-0.2, 0) is 19.1 Å². The van der Waals surface area contributed by atoms with Crippen LogP contribution < -0.4 is 0 Å². The van der Waals surface area contributed by atoms with Gasteiger partial charge in [-0.15, -0.1) is 0 Å². The zero-order chi connectivity index (χ0) is 27.3. The van der Waals surface area contributed by atoms with Gasteiger partial charge < -0.3 is 9.47 Å². The van der Waals surface area contributed by atoms with Gasteiger partial charge in [-0.1, -0.05) is 52.4 Å². The van der Waals surface area contributed by atoms with Crippen LogP contribution in [0.5, 0.6) is 0 Å². The van der Waals surface area contributed by atoms with Gasteiger partial charge in [-0.3, -0.25) is 9.59 Å². The summed E-state index contributed by atoms with van der Waals surface area (Å²) in [6.07, 6.45) is 24.9. The van der Waals surface area contributed by atoms with Crippen LogP contribution in [0.25, 0.3) is 0 Å². The van der Waals surface area contributed by atoms with E-state index >= 15 is 0 Å². The fourth-order valence-corrected chi connectivity index (χ4v) is 8.54. The first-order valence-electron chi connectivity index (χ1n) is 16.6. The van der Waals surface area contributed by atoms with Gasteiger partial charge in [0.25, 0.3) is 0 Å². The topological polar surface area (TPSA) is 52.6 Å². The standard InChI is InChI=1S/2C17H30O2/c2*1-3-16(19-2)7-5-4-6-13-8-9-14-10-11-15(18)12-17(13)14/h2*13-14,16-17H,3-12H2,1-2H3. The minimum atomic E-state index is 0.451. The van der Waals surface area contributed by atoms with Gasteiger partial charge in [0.15, 0.2) is 0 Å². The Kier molecular flexibility index (Phi) is 14.3. The number of hydrogen-bond donors (Lipinski definition) is 0. The van der Waals surface area contributed by atoms with E-state index in [0.29, 0.717) is 23.8 Å². The Labute approximate surface area is 234 Å². The number of ketones is 2. The lowest BCUT2D eigenvalue weighted by molar-refractivity contribution is -0.123. The lowest BCUT2D eigenvalue weighted by Gasteiger charge is -2.28. The van der Waals surface area contributed by atoms with Crippen LogP contribution in [0.2, 0.25) is 0 Å². The molecule has 0 bridgehead atoms. The molecule has 0 N–H and O–H groups in total. The number of rotatable bonds is 14. The molecule has 0 saturated heterocycles. The summed E-state index contributed by atoms with van der Waals surface area (Å²) in [6, 6.07) is 0. The summed E-state index contributed by atoms with van der Waals surface area (Å²) in [7, 11) is 3.65. The van der Waals surface area contributed by atoms with Crippen LogP contribution in [0, 0.1) is 35.5 Å². The third kappa shape index (κ3) is 9.72. The Bertz CT molecular complexity index is 624. The van der Waals surface area contributed by atoms with Crippen LogP contribution in [0.4, 0.5) is 0 Å². The highest BCUT2D eigenvalue weighted by molar-refractivity contribution is 5.80. The van der Waals surface area contributed by atoms with Gasteiger partial charge in [-0.05, 0) is 99.7 Å². The second-order valence-electron chi connectivity index (χ2n) is 13.2. The van der Waals surface area contributed by atoms with Crippen molar-refractivity contribution >= 4 is 11.6 Å². The Morgan fingerprint density at radius 2 is 1.05 bits per heavy atom. The predicted octanol–water partition coefficient (Wildman–Crippen LogP) is 8.73. The molecule has 0 aromatic heterocycles. The molecule has 4 aliphatic rings. The molecular formula is C34H60O4. The summed E-state index contributed by atoms with van der Waals surface area (Å²) in [5, 5.41) is 0. The van der Waals surface area contributed by atoms with E-state index in [9.17, 15) is 9.59 Å². The molecule has 4 nitrogen and oxygen atoms in total. The maximum absolute atomic E-state index is 11.6. The normalized spacial score (nSPS) is 32.3. The lowest BCUT2D eigenvalue weighted by Crippen LogP contribution is -2.24. The van der Waals surface area contributed by atoms with Crippen molar-refractivity contribution in [2.75, 3.05) is 14.2 Å². The minimum Gasteiger partial charge on any atom is -0.381 e. The zero-order valence-electron chi connectivity index (χ0n) is 25.4. The summed E-state index contributed by atoms with van der Waals surface area (Å²) in [4.78, 5) is 23.3. The third-order valence-electron chi connectivity index (χ3n) is 11.0. The summed E-state index contributed by atoms with van der Waals surface area (Å²) in [5.74, 6) is 5.98. The van der Waals surface area contributed by atoms with Crippen LogP contribution in [0.3, 0.4) is 0 Å². The van der Waals surface area contributed by atoms with Crippen molar-refractivity contribution in [2.45, 2.75) is 154 Å². The molecule has 0 spiro atoms. The van der Waals surface area contributed by atoms with Crippen LogP contribution >= 0.6 is 0 Å². The van der Waals surface area contributed by atoms with Gasteiger partial charge in [-0.25, -0.2) is 0 Å². The predicted molar refractivity (Wildman–Crippen MR) is 156 cm³/mol. The van der Waals surface area contributed by atoms with Gasteiger partial charge in [0, 0.05) is 39.9 Å². The van der Waals surface area contributed by atoms with E-state index in [1.54, 1.807) is 0 Å². The fourth-order valence-electron chi connectivity index (χ4n) is 8.54. The van der Waals surface area contributed by atoms with Gasteiger partial charge in [0.1, 0.15) is 11.6 Å². The van der Waals surface area contributed by atoms with Crippen LogP contribution in [-0.4, -0.2) is 38.0 Å². The SMILES string of the molecule is CCC(CCCCC1CCC2CCC(=O)CC12)OC.CCC(CCCCC1CCC2CCC(=O)CC12)OC. The number of ether oxygens (including phenoxy) is 2. The number of Topliss-reactive ketones (excluding diaryl/α,β-unsaturated/α-hetero) is 2. The molecule has 4 fully saturated rings. The summed E-state index contributed by atoms with van der Waals surface area (Å²) in [5.41, 5.74) is 0. The maximum Gasteiger partial charge on any atom is 0.133 e. The Balaban J connectivity index is 0.000000211. The van der Waals surface area contributed by atoms with Crippen molar-refractivity contribution in [2.24, 2.45) is 35.5 Å². The van der Waals surface area contributed by atoms with E-state index in [-0.39, 0.29) is 0 Å². The van der Waals surface area contributed by atoms with E-state index in [4.69, 9.17) is 9.47 Å². The molecule has 0 radical (unpaired) electrons. The molecule has 0 aliphatic heterocycles. The van der Waals surface area contributed by atoms with Crippen LogP contribution in [0.1, 0.15) is 142 Å². The second kappa shape index (κ2) is 17.2. The molecule has 4 rings (SSSR count). The van der Waals surface area contributed by atoms with E-state index in [0.717, 1.165) is 74.0 Å². The molecule has 38 heavy (non-hydrogen) atoms. The highest BCUT2D eigenvalue weighted by atomic mass is 16.5. The number of unbranched alkanes of at least 4 members (excludes halogenated alkanes) is 2. The van der Waals surface area contributed by atoms with E-state index in [1.165, 1.54) is 89.9 Å². The van der Waals surface area contributed by atoms with Crippen molar-refractivity contribution in [1.29, 1.82) is 0 Å². The smallest absolute Gasteiger partial charge is 0.133 e. The molecular weight excluding hydrogens is 472 g/mol. The number of methoxy groups -OCH3 is 2. The zero-order valence-corrected chi connectivity index (χ0v) is 25.4. The lowest BCUT2D eigenvalue weighted by atomic mass is 9.76. The summed E-state index contributed by atoms with van der Waals surface area (Å²) < 4.78 is 10.9. The molecule has 4 saturated carbocycles. The molecule has 4 heteroatoms. The minimum absolute atomic E-state index is 0.451. The third-order valence-corrected chi connectivity index (χ3v) is 11.0. The van der Waals surface area contributed by atoms with Crippen molar-refractivity contribution in [3.63, 3.8) is 0 Å². The molecule has 0 amide bonds. The van der Waals surface area contributed by atoms with E-state index in [1.807, 2.05) is 14.2 Å². The molecule has 220 valence electrons. The van der Waals surface area contributed by atoms with Gasteiger partial charge >= 0.3 is 0 Å². The number of carbonyl (C=O) groups excluding carboxylic acids is 2. The first-order chi connectivity index (χ1) is 18.5. The molecule has 8 unspecified atom stereocenters. The van der Waals surface area contributed by atoms with Crippen molar-refractivity contribution in [3.8, 4) is 0 Å². The molecule has 8 atom stereocenters. The molecule has 0 heterocycles. The number of hydrogen-bond acceptors (Lipinski definition) is 4. The average molecular weight is 533 g/mol. The molecule has 0 aromatic rings. The molecule has 0 aromatic carbocycles. The maximum atomic E-state index is 11.6. The van der Waals surface area contributed by atoms with E-state index in [2.05, 4.69) is 13.8 Å². The van der Waals surface area contributed by atoms with Gasteiger partial charge in [-0.2, -0.15) is 0 Å². The fraction of sp³-hybridized carbons (Fsp3) is 0.941. The van der Waals surface area contributed by atoms with E-state index < -0.39 is 0 Å². The highest BCUT2D eigenvalue weighted by Gasteiger charge is 2.40. The van der Waals surface area contributed by atoms with Crippen molar-refractivity contribution < 1.29 is 19.1 Å². The van der Waals surface area contributed by atoms with Crippen LogP contribution in [0.15, 0.2) is 0 Å². The number of fused-ring (bicyclic) bond motifs is 2. The Morgan fingerprint density at radius 3 is 1.42 bits per heavy atom. The first kappa shape index (κ1) is 31.8. The quantitative estimate of drug-likeness (QED) is 0.210. The largest absolute Gasteiger partial charge is 0.381 e. The van der Waals surface area contributed by atoms with Gasteiger partial charge in [0.2, 0.25) is 0 Å². The Morgan fingerprint density at radius 1 is 0.632 bits per heavy atom. The monoisotopic (exact) mass is 532 g/mol. The van der Waals surface area contributed by atoms with Crippen molar-refractivity contribution in [1.82, 2.24) is 0 Å². The summed E-state index contributed by atoms with van der Waals surface area (Å²) in [6.45, 7) is 4.40. The summed E-state index contributed by atoms with van der Waals surface area (Å²) >= 11 is 0. The highest BCUT2D eigenvalue weighted by Crippen LogP contribution is 2.47. The average Bonchev–Trinajstić information content (AvgIpc) is 3.52.